The number of esters is 1. The van der Waals surface area contributed by atoms with E-state index >= 15 is 0 Å². The molecule has 0 saturated heterocycles. The first kappa shape index (κ1) is 13.9. The molecule has 0 spiro atoms. The lowest BCUT2D eigenvalue weighted by molar-refractivity contribution is -0.143. The van der Waals surface area contributed by atoms with Crippen LogP contribution in [-0.4, -0.2) is 28.8 Å². The van der Waals surface area contributed by atoms with Crippen LogP contribution in [0.2, 0.25) is 0 Å². The Morgan fingerprint density at radius 1 is 1.58 bits per heavy atom. The van der Waals surface area contributed by atoms with Gasteiger partial charge in [-0.05, 0) is 12.1 Å². The first-order chi connectivity index (χ1) is 9.11. The lowest BCUT2D eigenvalue weighted by Crippen LogP contribution is -2.14. The van der Waals surface area contributed by atoms with Crippen molar-refractivity contribution in [2.45, 2.75) is 12.7 Å². The summed E-state index contributed by atoms with van der Waals surface area (Å²) in [5.74, 6) is 1.26. The molecule has 1 aromatic heterocycles. The van der Waals surface area contributed by atoms with Gasteiger partial charge in [-0.2, -0.15) is 11.8 Å². The number of nitrogens with zero attached hydrogens (tertiary/aromatic N) is 1. The van der Waals surface area contributed by atoms with Crippen molar-refractivity contribution in [3.05, 3.63) is 29.8 Å². The topological polar surface area (TPSA) is 55.0 Å². The fourth-order valence-electron chi connectivity index (χ4n) is 1.72. The number of imidazole rings is 1. The molecule has 0 aliphatic heterocycles. The van der Waals surface area contributed by atoms with Crippen LogP contribution in [0.15, 0.2) is 18.2 Å². The number of rotatable bonds is 5. The molecule has 1 atom stereocenters. The van der Waals surface area contributed by atoms with E-state index in [2.05, 4.69) is 14.7 Å². The Morgan fingerprint density at radius 3 is 3.05 bits per heavy atom. The summed E-state index contributed by atoms with van der Waals surface area (Å²) >= 11 is 1.56. The number of halogens is 1. The number of thioether (sulfide) groups is 1. The summed E-state index contributed by atoms with van der Waals surface area (Å²) in [5.41, 5.74) is 1.05. The number of hydrogen-bond acceptors (Lipinski definition) is 4. The molecule has 0 radical (unpaired) electrons. The van der Waals surface area contributed by atoms with Gasteiger partial charge < -0.3 is 9.72 Å². The summed E-state index contributed by atoms with van der Waals surface area (Å²) in [6, 6.07) is 4.82. The van der Waals surface area contributed by atoms with Crippen LogP contribution in [0.5, 0.6) is 0 Å². The number of aromatic amines is 1. The fourth-order valence-corrected chi connectivity index (χ4v) is 2.66. The van der Waals surface area contributed by atoms with Crippen molar-refractivity contribution in [2.75, 3.05) is 12.9 Å². The number of fused-ring (bicyclic) bond motifs is 1. The third-order valence-corrected chi connectivity index (χ3v) is 3.94. The molecule has 1 heterocycles. The minimum Gasteiger partial charge on any atom is -0.469 e. The predicted octanol–water partition coefficient (Wildman–Crippen LogP) is 2.74. The second-order valence-corrected chi connectivity index (χ2v) is 5.29. The van der Waals surface area contributed by atoms with Gasteiger partial charge in [0.15, 0.2) is 5.82 Å². The second kappa shape index (κ2) is 6.06. The Morgan fingerprint density at radius 2 is 2.37 bits per heavy atom. The standard InChI is InChI=1S/C13H15FN2O2S/c1-8(13(17)18-2)6-19-7-11-15-10-5-3-4-9(14)12(10)16-11/h3-5,8H,6-7H2,1-2H3,(H,15,16). The highest BCUT2D eigenvalue weighted by atomic mass is 32.2. The Bertz CT molecular complexity index is 585. The minimum atomic E-state index is -0.326. The van der Waals surface area contributed by atoms with Gasteiger partial charge in [0.1, 0.15) is 11.3 Å². The summed E-state index contributed by atoms with van der Waals surface area (Å²) < 4.78 is 18.1. The van der Waals surface area contributed by atoms with Gasteiger partial charge in [-0.1, -0.05) is 13.0 Å². The molecule has 0 aliphatic carbocycles. The molecular formula is C13H15FN2O2S. The molecule has 1 aromatic carbocycles. The van der Waals surface area contributed by atoms with E-state index < -0.39 is 0 Å². The molecule has 0 saturated carbocycles. The highest BCUT2D eigenvalue weighted by Crippen LogP contribution is 2.19. The average Bonchev–Trinajstić information content (AvgIpc) is 2.82. The number of carbonyl (C=O) groups excluding carboxylic acids is 1. The molecule has 0 amide bonds. The normalized spacial score (nSPS) is 12.6. The molecule has 2 rings (SSSR count). The van der Waals surface area contributed by atoms with Crippen molar-refractivity contribution in [3.63, 3.8) is 0 Å². The van der Waals surface area contributed by atoms with E-state index in [0.717, 1.165) is 0 Å². The van der Waals surface area contributed by atoms with Crippen LogP contribution in [0, 0.1) is 11.7 Å². The van der Waals surface area contributed by atoms with Crippen molar-refractivity contribution < 1.29 is 13.9 Å². The molecule has 0 aliphatic rings. The summed E-state index contributed by atoms with van der Waals surface area (Å²) in [6.07, 6.45) is 0. The van der Waals surface area contributed by atoms with Crippen molar-refractivity contribution >= 4 is 28.8 Å². The van der Waals surface area contributed by atoms with Gasteiger partial charge in [0.25, 0.3) is 0 Å². The number of para-hydroxylation sites is 1. The molecule has 4 nitrogen and oxygen atoms in total. The van der Waals surface area contributed by atoms with E-state index in [1.807, 2.05) is 6.92 Å². The van der Waals surface area contributed by atoms with Crippen LogP contribution < -0.4 is 0 Å². The van der Waals surface area contributed by atoms with Crippen LogP contribution >= 0.6 is 11.8 Å². The lowest BCUT2D eigenvalue weighted by Gasteiger charge is -2.07. The maximum absolute atomic E-state index is 13.5. The molecule has 0 bridgehead atoms. The van der Waals surface area contributed by atoms with E-state index in [4.69, 9.17) is 0 Å². The zero-order valence-electron chi connectivity index (χ0n) is 10.8. The largest absolute Gasteiger partial charge is 0.469 e. The number of hydrogen-bond donors (Lipinski definition) is 1. The zero-order valence-corrected chi connectivity index (χ0v) is 11.6. The maximum Gasteiger partial charge on any atom is 0.309 e. The van der Waals surface area contributed by atoms with Crippen LogP contribution in [0.4, 0.5) is 4.39 Å². The van der Waals surface area contributed by atoms with Gasteiger partial charge in [0, 0.05) is 5.75 Å². The summed E-state index contributed by atoms with van der Waals surface area (Å²) in [4.78, 5) is 18.5. The monoisotopic (exact) mass is 282 g/mol. The van der Waals surface area contributed by atoms with Crippen LogP contribution in [0.1, 0.15) is 12.7 Å². The van der Waals surface area contributed by atoms with Crippen LogP contribution in [0.25, 0.3) is 11.0 Å². The average molecular weight is 282 g/mol. The van der Waals surface area contributed by atoms with Crippen LogP contribution in [-0.2, 0) is 15.3 Å². The molecule has 19 heavy (non-hydrogen) atoms. The second-order valence-electron chi connectivity index (χ2n) is 4.26. The van der Waals surface area contributed by atoms with E-state index in [1.54, 1.807) is 23.9 Å². The third kappa shape index (κ3) is 3.26. The summed E-state index contributed by atoms with van der Waals surface area (Å²) in [5, 5.41) is 0. The van der Waals surface area contributed by atoms with Gasteiger partial charge in [0.05, 0.1) is 24.3 Å². The van der Waals surface area contributed by atoms with Crippen LogP contribution in [0.3, 0.4) is 0 Å². The van der Waals surface area contributed by atoms with Gasteiger partial charge in [0.2, 0.25) is 0 Å². The van der Waals surface area contributed by atoms with Gasteiger partial charge in [-0.25, -0.2) is 9.37 Å². The first-order valence-electron chi connectivity index (χ1n) is 5.90. The molecule has 102 valence electrons. The molecule has 6 heteroatoms. The predicted molar refractivity (Wildman–Crippen MR) is 73.4 cm³/mol. The van der Waals surface area contributed by atoms with Gasteiger partial charge in [-0.3, -0.25) is 4.79 Å². The Labute approximate surface area is 114 Å². The molecule has 1 unspecified atom stereocenters. The number of aromatic nitrogens is 2. The van der Waals surface area contributed by atoms with Gasteiger partial charge in [-0.15, -0.1) is 0 Å². The number of carbonyl (C=O) groups is 1. The summed E-state index contributed by atoms with van der Waals surface area (Å²) in [7, 11) is 1.38. The van der Waals surface area contributed by atoms with E-state index in [-0.39, 0.29) is 17.7 Å². The smallest absolute Gasteiger partial charge is 0.309 e. The number of nitrogens with one attached hydrogen (secondary N) is 1. The number of H-pyrrole nitrogens is 1. The molecule has 2 aromatic rings. The third-order valence-electron chi connectivity index (χ3n) is 2.72. The fraction of sp³-hybridized carbons (Fsp3) is 0.385. The van der Waals surface area contributed by atoms with Crippen molar-refractivity contribution in [2.24, 2.45) is 5.92 Å². The Hall–Kier alpha value is -1.56. The van der Waals surface area contributed by atoms with E-state index in [1.165, 1.54) is 13.2 Å². The van der Waals surface area contributed by atoms with Gasteiger partial charge >= 0.3 is 5.97 Å². The van der Waals surface area contributed by atoms with E-state index in [0.29, 0.717) is 28.4 Å². The first-order valence-corrected chi connectivity index (χ1v) is 7.06. The molecule has 1 N–H and O–H groups in total. The van der Waals surface area contributed by atoms with Crippen molar-refractivity contribution in [1.82, 2.24) is 9.97 Å². The number of ether oxygens (including phenoxy) is 1. The van der Waals surface area contributed by atoms with E-state index in [9.17, 15) is 9.18 Å². The quantitative estimate of drug-likeness (QED) is 0.857. The SMILES string of the molecule is COC(=O)C(C)CSCc1nc2c(F)cccc2[nH]1. The number of methoxy groups -OCH3 is 1. The summed E-state index contributed by atoms with van der Waals surface area (Å²) in [6.45, 7) is 1.82. The lowest BCUT2D eigenvalue weighted by atomic mass is 10.2. The molecular weight excluding hydrogens is 267 g/mol. The van der Waals surface area contributed by atoms with Crippen molar-refractivity contribution in [3.8, 4) is 0 Å². The highest BCUT2D eigenvalue weighted by Gasteiger charge is 2.13. The Balaban J connectivity index is 1.95. The minimum absolute atomic E-state index is 0.156. The Kier molecular flexibility index (Phi) is 4.42. The maximum atomic E-state index is 13.5. The van der Waals surface area contributed by atoms with Crippen molar-refractivity contribution in [1.29, 1.82) is 0 Å². The number of benzene rings is 1. The molecule has 0 fully saturated rings. The highest BCUT2D eigenvalue weighted by molar-refractivity contribution is 7.98. The zero-order chi connectivity index (χ0) is 13.8.